The van der Waals surface area contributed by atoms with Gasteiger partial charge in [-0.2, -0.15) is 0 Å². The summed E-state index contributed by atoms with van der Waals surface area (Å²) in [6.45, 7) is 5.86. The molecule has 0 aliphatic rings. The predicted molar refractivity (Wildman–Crippen MR) is 82.6 cm³/mol. The van der Waals surface area contributed by atoms with Gasteiger partial charge >= 0.3 is 6.03 Å². The van der Waals surface area contributed by atoms with Gasteiger partial charge in [-0.15, -0.1) is 0 Å². The standard InChI is InChI=1S/C15H22N4O3/c1-8(2)11(10-7-5-4-6-9(10)3)18-15(22)19-12(13(16)20)14(17)21/h4-8,11-12H,1-3H3,(H2,16,20)(H2,17,21)(H2,18,19,22)/t11-/m1/s1. The number of benzene rings is 1. The van der Waals surface area contributed by atoms with Gasteiger partial charge in [0.2, 0.25) is 11.8 Å². The Kier molecular flexibility index (Phi) is 5.91. The van der Waals surface area contributed by atoms with E-state index in [0.29, 0.717) is 0 Å². The zero-order chi connectivity index (χ0) is 16.9. The third kappa shape index (κ3) is 4.47. The van der Waals surface area contributed by atoms with Crippen molar-refractivity contribution in [2.75, 3.05) is 0 Å². The van der Waals surface area contributed by atoms with Crippen molar-refractivity contribution < 1.29 is 14.4 Å². The van der Waals surface area contributed by atoms with E-state index in [2.05, 4.69) is 10.6 Å². The maximum Gasteiger partial charge on any atom is 0.316 e. The molecular weight excluding hydrogens is 284 g/mol. The smallest absolute Gasteiger partial charge is 0.316 e. The number of nitrogens with one attached hydrogen (secondary N) is 2. The number of amides is 4. The molecule has 0 radical (unpaired) electrons. The van der Waals surface area contributed by atoms with Crippen LogP contribution in [0.4, 0.5) is 4.79 Å². The lowest BCUT2D eigenvalue weighted by Gasteiger charge is -2.25. The van der Waals surface area contributed by atoms with Gasteiger partial charge in [0.15, 0.2) is 6.04 Å². The highest BCUT2D eigenvalue weighted by atomic mass is 16.2. The molecule has 7 heteroatoms. The maximum atomic E-state index is 12.0. The number of carbonyl (C=O) groups is 3. The van der Waals surface area contributed by atoms with E-state index >= 15 is 0 Å². The number of nitrogens with two attached hydrogens (primary N) is 2. The first-order chi connectivity index (χ1) is 10.2. The van der Waals surface area contributed by atoms with Crippen molar-refractivity contribution in [2.45, 2.75) is 32.9 Å². The van der Waals surface area contributed by atoms with Crippen LogP contribution >= 0.6 is 0 Å². The molecule has 4 amide bonds. The molecule has 120 valence electrons. The van der Waals surface area contributed by atoms with Gasteiger partial charge < -0.3 is 22.1 Å². The Balaban J connectivity index is 2.88. The van der Waals surface area contributed by atoms with Crippen LogP contribution in [0.15, 0.2) is 24.3 Å². The summed E-state index contributed by atoms with van der Waals surface area (Å²) in [5.74, 6) is -1.90. The van der Waals surface area contributed by atoms with E-state index in [0.717, 1.165) is 11.1 Å². The first-order valence-corrected chi connectivity index (χ1v) is 6.95. The summed E-state index contributed by atoms with van der Waals surface area (Å²) in [5.41, 5.74) is 12.0. The zero-order valence-corrected chi connectivity index (χ0v) is 12.9. The number of carbonyl (C=O) groups excluding carboxylic acids is 3. The molecule has 1 aromatic rings. The Labute approximate surface area is 129 Å². The average molecular weight is 306 g/mol. The number of hydrogen-bond acceptors (Lipinski definition) is 3. The van der Waals surface area contributed by atoms with Crippen LogP contribution in [0.2, 0.25) is 0 Å². The van der Waals surface area contributed by atoms with Crippen molar-refractivity contribution in [1.29, 1.82) is 0 Å². The average Bonchev–Trinajstić information content (AvgIpc) is 2.42. The second-order valence-electron chi connectivity index (χ2n) is 5.43. The fourth-order valence-electron chi connectivity index (χ4n) is 2.14. The molecular formula is C15H22N4O3. The van der Waals surface area contributed by atoms with Crippen molar-refractivity contribution in [2.24, 2.45) is 17.4 Å². The first-order valence-electron chi connectivity index (χ1n) is 6.95. The third-order valence-corrected chi connectivity index (χ3v) is 3.32. The minimum atomic E-state index is -1.54. The molecule has 0 heterocycles. The molecule has 0 saturated carbocycles. The molecule has 0 aliphatic carbocycles. The van der Waals surface area contributed by atoms with Crippen LogP contribution in [0, 0.1) is 12.8 Å². The molecule has 0 saturated heterocycles. The molecule has 1 rings (SSSR count). The monoisotopic (exact) mass is 306 g/mol. The van der Waals surface area contributed by atoms with Crippen molar-refractivity contribution in [1.82, 2.24) is 10.6 Å². The molecule has 0 aromatic heterocycles. The van der Waals surface area contributed by atoms with Gasteiger partial charge in [-0.1, -0.05) is 38.1 Å². The van der Waals surface area contributed by atoms with Crippen LogP contribution in [-0.2, 0) is 9.59 Å². The van der Waals surface area contributed by atoms with E-state index < -0.39 is 23.9 Å². The van der Waals surface area contributed by atoms with Gasteiger partial charge in [0.25, 0.3) is 0 Å². The number of rotatable bonds is 6. The number of primary amides is 2. The van der Waals surface area contributed by atoms with E-state index in [1.54, 1.807) is 0 Å². The summed E-state index contributed by atoms with van der Waals surface area (Å²) >= 11 is 0. The summed E-state index contributed by atoms with van der Waals surface area (Å²) in [5, 5.41) is 4.94. The predicted octanol–water partition coefficient (Wildman–Crippen LogP) is 0.331. The summed E-state index contributed by atoms with van der Waals surface area (Å²) in [6, 6.07) is 5.16. The second kappa shape index (κ2) is 7.44. The van der Waals surface area contributed by atoms with Gasteiger partial charge in [-0.25, -0.2) is 4.79 Å². The highest BCUT2D eigenvalue weighted by Gasteiger charge is 2.26. The van der Waals surface area contributed by atoms with Crippen molar-refractivity contribution in [3.05, 3.63) is 35.4 Å². The number of hydrogen-bond donors (Lipinski definition) is 4. The Morgan fingerprint density at radius 1 is 1.00 bits per heavy atom. The highest BCUT2D eigenvalue weighted by molar-refractivity contribution is 6.05. The van der Waals surface area contributed by atoms with Crippen LogP contribution in [0.1, 0.15) is 31.0 Å². The van der Waals surface area contributed by atoms with Gasteiger partial charge in [-0.3, -0.25) is 9.59 Å². The molecule has 0 bridgehead atoms. The lowest BCUT2D eigenvalue weighted by atomic mass is 9.93. The molecule has 0 aliphatic heterocycles. The minimum absolute atomic E-state index is 0.104. The van der Waals surface area contributed by atoms with Crippen LogP contribution in [0.3, 0.4) is 0 Å². The van der Waals surface area contributed by atoms with E-state index in [9.17, 15) is 14.4 Å². The molecule has 0 spiro atoms. The topological polar surface area (TPSA) is 127 Å². The van der Waals surface area contributed by atoms with Gasteiger partial charge in [0.1, 0.15) is 0 Å². The van der Waals surface area contributed by atoms with Crippen LogP contribution in [0.25, 0.3) is 0 Å². The molecule has 0 unspecified atom stereocenters. The van der Waals surface area contributed by atoms with E-state index in [1.807, 2.05) is 45.0 Å². The van der Waals surface area contributed by atoms with Crippen LogP contribution < -0.4 is 22.1 Å². The normalized spacial score (nSPS) is 12.0. The Hall–Kier alpha value is -2.57. The molecule has 1 atom stereocenters. The Morgan fingerprint density at radius 2 is 1.55 bits per heavy atom. The summed E-state index contributed by atoms with van der Waals surface area (Å²) in [6.07, 6.45) is 0. The fraction of sp³-hybridized carbons (Fsp3) is 0.400. The molecule has 0 fully saturated rings. The van der Waals surface area contributed by atoms with E-state index in [-0.39, 0.29) is 12.0 Å². The number of urea groups is 1. The molecule has 22 heavy (non-hydrogen) atoms. The van der Waals surface area contributed by atoms with E-state index in [4.69, 9.17) is 11.5 Å². The van der Waals surface area contributed by atoms with Gasteiger partial charge in [0.05, 0.1) is 6.04 Å². The molecule has 6 N–H and O–H groups in total. The minimum Gasteiger partial charge on any atom is -0.367 e. The van der Waals surface area contributed by atoms with Crippen molar-refractivity contribution in [3.63, 3.8) is 0 Å². The number of aryl methyl sites for hydroxylation is 1. The highest BCUT2D eigenvalue weighted by Crippen LogP contribution is 2.24. The van der Waals surface area contributed by atoms with Gasteiger partial charge in [0, 0.05) is 0 Å². The Bertz CT molecular complexity index is 558. The Morgan fingerprint density at radius 3 is 2.00 bits per heavy atom. The van der Waals surface area contributed by atoms with Crippen LogP contribution in [0.5, 0.6) is 0 Å². The molecule has 1 aromatic carbocycles. The lowest BCUT2D eigenvalue weighted by molar-refractivity contribution is -0.128. The summed E-state index contributed by atoms with van der Waals surface area (Å²) in [7, 11) is 0. The van der Waals surface area contributed by atoms with Gasteiger partial charge in [-0.05, 0) is 24.0 Å². The second-order valence-corrected chi connectivity index (χ2v) is 5.43. The quantitative estimate of drug-likeness (QED) is 0.565. The van der Waals surface area contributed by atoms with Crippen LogP contribution in [-0.4, -0.2) is 23.9 Å². The third-order valence-electron chi connectivity index (χ3n) is 3.32. The zero-order valence-electron chi connectivity index (χ0n) is 12.9. The first kappa shape index (κ1) is 17.5. The lowest BCUT2D eigenvalue weighted by Crippen LogP contribution is -2.55. The summed E-state index contributed by atoms with van der Waals surface area (Å²) in [4.78, 5) is 34.2. The van der Waals surface area contributed by atoms with Crippen molar-refractivity contribution in [3.8, 4) is 0 Å². The largest absolute Gasteiger partial charge is 0.367 e. The SMILES string of the molecule is Cc1ccccc1[C@H](NC(=O)NC(C(N)=O)C(N)=O)C(C)C. The summed E-state index contributed by atoms with van der Waals surface area (Å²) < 4.78 is 0. The molecule has 7 nitrogen and oxygen atoms in total. The van der Waals surface area contributed by atoms with E-state index in [1.165, 1.54) is 0 Å². The fourth-order valence-corrected chi connectivity index (χ4v) is 2.14. The van der Waals surface area contributed by atoms with Crippen molar-refractivity contribution >= 4 is 17.8 Å². The maximum absolute atomic E-state index is 12.0.